The van der Waals surface area contributed by atoms with Crippen molar-refractivity contribution in [3.05, 3.63) is 59.2 Å². The summed E-state index contributed by atoms with van der Waals surface area (Å²) in [5.74, 6) is 0.251. The number of phenols is 1. The van der Waals surface area contributed by atoms with Crippen LogP contribution < -0.4 is 10.1 Å². The average molecular weight is 391 g/mol. The van der Waals surface area contributed by atoms with Gasteiger partial charge in [0.15, 0.2) is 0 Å². The van der Waals surface area contributed by atoms with Gasteiger partial charge in [0.2, 0.25) is 0 Å². The van der Waals surface area contributed by atoms with Gasteiger partial charge < -0.3 is 20.3 Å². The second kappa shape index (κ2) is 9.85. The highest BCUT2D eigenvalue weighted by Crippen LogP contribution is 2.29. The van der Waals surface area contributed by atoms with Gasteiger partial charge in [-0.05, 0) is 92.6 Å². The molecular formula is C22H27F2NO3. The molecule has 6 heteroatoms. The Bertz CT molecular complexity index is 784. The molecule has 1 aliphatic rings. The Balaban J connectivity index is 1.30. The van der Waals surface area contributed by atoms with Gasteiger partial charge in [-0.3, -0.25) is 0 Å². The van der Waals surface area contributed by atoms with E-state index in [4.69, 9.17) is 4.74 Å². The van der Waals surface area contributed by atoms with Gasteiger partial charge >= 0.3 is 0 Å². The molecule has 1 heterocycles. The van der Waals surface area contributed by atoms with E-state index in [9.17, 15) is 19.0 Å². The van der Waals surface area contributed by atoms with Crippen LogP contribution in [0.5, 0.6) is 11.5 Å². The third kappa shape index (κ3) is 5.91. The Labute approximate surface area is 164 Å². The number of rotatable bonds is 9. The number of ether oxygens (including phenoxy) is 1. The minimum absolute atomic E-state index is 0.0887. The molecule has 0 aromatic heterocycles. The molecule has 4 nitrogen and oxygen atoms in total. The lowest BCUT2D eigenvalue weighted by Crippen LogP contribution is -2.32. The molecule has 3 N–H and O–H groups in total. The van der Waals surface area contributed by atoms with Crippen LogP contribution in [0.25, 0.3) is 0 Å². The molecule has 0 aliphatic carbocycles. The molecule has 0 spiro atoms. The standard InChI is InChI=1S/C22H27F2NO3/c23-17-5-8-21(27)15(12-17)2-1-3-19(26)14-25-11-10-20-7-4-16-13-18(24)6-9-22(16)28-20/h5-6,8-9,12-13,19-20,25-27H,1-4,7,10-11,14H2/t19-,20?/m1/s1. The van der Waals surface area contributed by atoms with Gasteiger partial charge in [0, 0.05) is 6.54 Å². The monoisotopic (exact) mass is 391 g/mol. The topological polar surface area (TPSA) is 61.7 Å². The summed E-state index contributed by atoms with van der Waals surface area (Å²) in [6.45, 7) is 1.20. The quantitative estimate of drug-likeness (QED) is 0.570. The highest BCUT2D eigenvalue weighted by atomic mass is 19.1. The number of benzene rings is 2. The first-order valence-corrected chi connectivity index (χ1v) is 9.82. The number of phenolic OH excluding ortho intramolecular Hbond substituents is 1. The van der Waals surface area contributed by atoms with Crippen molar-refractivity contribution >= 4 is 0 Å². The van der Waals surface area contributed by atoms with Crippen LogP contribution in [0.2, 0.25) is 0 Å². The zero-order chi connectivity index (χ0) is 19.9. The number of aliphatic hydroxyl groups excluding tert-OH is 1. The zero-order valence-corrected chi connectivity index (χ0v) is 15.8. The zero-order valence-electron chi connectivity index (χ0n) is 15.8. The van der Waals surface area contributed by atoms with Crippen LogP contribution >= 0.6 is 0 Å². The largest absolute Gasteiger partial charge is 0.508 e. The second-order valence-electron chi connectivity index (χ2n) is 7.34. The summed E-state index contributed by atoms with van der Waals surface area (Å²) in [5.41, 5.74) is 1.48. The van der Waals surface area contributed by atoms with Crippen molar-refractivity contribution in [2.75, 3.05) is 13.1 Å². The number of fused-ring (bicyclic) bond motifs is 1. The predicted molar refractivity (Wildman–Crippen MR) is 104 cm³/mol. The molecule has 152 valence electrons. The number of hydrogen-bond donors (Lipinski definition) is 3. The highest BCUT2D eigenvalue weighted by Gasteiger charge is 2.19. The van der Waals surface area contributed by atoms with E-state index in [-0.39, 0.29) is 23.5 Å². The Hall–Kier alpha value is -2.18. The average Bonchev–Trinajstić information content (AvgIpc) is 2.68. The van der Waals surface area contributed by atoms with E-state index in [1.165, 1.54) is 30.3 Å². The van der Waals surface area contributed by atoms with Crippen LogP contribution in [0.4, 0.5) is 8.78 Å². The minimum atomic E-state index is -0.494. The molecule has 2 aromatic rings. The number of aliphatic hydroxyl groups is 1. The third-order valence-electron chi connectivity index (χ3n) is 5.10. The van der Waals surface area contributed by atoms with Crippen LogP contribution in [0.15, 0.2) is 36.4 Å². The summed E-state index contributed by atoms with van der Waals surface area (Å²) in [6.07, 6.45) is 3.86. The lowest BCUT2D eigenvalue weighted by Gasteiger charge is -2.26. The van der Waals surface area contributed by atoms with Gasteiger partial charge in [-0.25, -0.2) is 8.78 Å². The van der Waals surface area contributed by atoms with Crippen molar-refractivity contribution in [2.24, 2.45) is 0 Å². The van der Waals surface area contributed by atoms with Crippen molar-refractivity contribution < 1.29 is 23.7 Å². The van der Waals surface area contributed by atoms with Gasteiger partial charge in [-0.1, -0.05) is 0 Å². The van der Waals surface area contributed by atoms with Gasteiger partial charge in [0.25, 0.3) is 0 Å². The molecular weight excluding hydrogens is 364 g/mol. The van der Waals surface area contributed by atoms with Crippen LogP contribution in [-0.4, -0.2) is 35.5 Å². The first-order chi connectivity index (χ1) is 13.5. The van der Waals surface area contributed by atoms with Crippen LogP contribution in [0, 0.1) is 11.6 Å². The van der Waals surface area contributed by atoms with Crippen molar-refractivity contribution in [1.29, 1.82) is 0 Å². The Morgan fingerprint density at radius 1 is 1.14 bits per heavy atom. The van der Waals surface area contributed by atoms with E-state index in [1.807, 2.05) is 0 Å². The maximum absolute atomic E-state index is 13.2. The first kappa shape index (κ1) is 20.6. The fourth-order valence-corrected chi connectivity index (χ4v) is 3.53. The van der Waals surface area contributed by atoms with Gasteiger partial charge in [0.05, 0.1) is 6.10 Å². The fourth-order valence-electron chi connectivity index (χ4n) is 3.53. The molecule has 3 rings (SSSR count). The number of halogens is 2. The van der Waals surface area contributed by atoms with E-state index in [2.05, 4.69) is 5.32 Å². The van der Waals surface area contributed by atoms with E-state index in [0.717, 1.165) is 37.1 Å². The summed E-state index contributed by atoms with van der Waals surface area (Å²) in [6, 6.07) is 8.54. The lowest BCUT2D eigenvalue weighted by atomic mass is 10.0. The molecule has 0 saturated carbocycles. The number of nitrogens with one attached hydrogen (secondary N) is 1. The maximum atomic E-state index is 13.2. The second-order valence-corrected chi connectivity index (χ2v) is 7.34. The SMILES string of the molecule is Oc1ccc(F)cc1CCC[C@@H](O)CNCCC1CCc2cc(F)ccc2O1. The molecule has 0 amide bonds. The van der Waals surface area contributed by atoms with Gasteiger partial charge in [-0.15, -0.1) is 0 Å². The summed E-state index contributed by atoms with van der Waals surface area (Å²) in [4.78, 5) is 0. The minimum Gasteiger partial charge on any atom is -0.508 e. The van der Waals surface area contributed by atoms with Crippen molar-refractivity contribution in [3.63, 3.8) is 0 Å². The maximum Gasteiger partial charge on any atom is 0.123 e. The Kier molecular flexibility index (Phi) is 7.23. The first-order valence-electron chi connectivity index (χ1n) is 9.82. The van der Waals surface area contributed by atoms with Crippen molar-refractivity contribution in [3.8, 4) is 11.5 Å². The predicted octanol–water partition coefficient (Wildman–Crippen LogP) is 3.73. The highest BCUT2D eigenvalue weighted by molar-refractivity contribution is 5.35. The van der Waals surface area contributed by atoms with Crippen molar-refractivity contribution in [1.82, 2.24) is 5.32 Å². The normalized spacial score (nSPS) is 17.0. The number of aryl methyl sites for hydroxylation is 2. The molecule has 28 heavy (non-hydrogen) atoms. The van der Waals surface area contributed by atoms with E-state index >= 15 is 0 Å². The fraction of sp³-hybridized carbons (Fsp3) is 0.455. The van der Waals surface area contributed by atoms with Crippen LogP contribution in [0.1, 0.15) is 36.8 Å². The lowest BCUT2D eigenvalue weighted by molar-refractivity contribution is 0.146. The van der Waals surface area contributed by atoms with Gasteiger partial charge in [0.1, 0.15) is 29.2 Å². The molecule has 2 aromatic carbocycles. The van der Waals surface area contributed by atoms with Crippen LogP contribution in [0.3, 0.4) is 0 Å². The molecule has 0 bridgehead atoms. The smallest absolute Gasteiger partial charge is 0.123 e. The molecule has 2 atom stereocenters. The molecule has 0 radical (unpaired) electrons. The van der Waals surface area contributed by atoms with E-state index < -0.39 is 6.10 Å². The molecule has 0 fully saturated rings. The number of aromatic hydroxyl groups is 1. The molecule has 1 unspecified atom stereocenters. The third-order valence-corrected chi connectivity index (χ3v) is 5.10. The Morgan fingerprint density at radius 2 is 1.93 bits per heavy atom. The molecule has 1 aliphatic heterocycles. The summed E-state index contributed by atoms with van der Waals surface area (Å²) >= 11 is 0. The van der Waals surface area contributed by atoms with Gasteiger partial charge in [-0.2, -0.15) is 0 Å². The Morgan fingerprint density at radius 3 is 2.79 bits per heavy atom. The molecule has 0 saturated heterocycles. The summed E-state index contributed by atoms with van der Waals surface area (Å²) < 4.78 is 32.3. The summed E-state index contributed by atoms with van der Waals surface area (Å²) in [7, 11) is 0. The van der Waals surface area contributed by atoms with E-state index in [0.29, 0.717) is 31.4 Å². The van der Waals surface area contributed by atoms with E-state index in [1.54, 1.807) is 6.07 Å². The number of hydrogen-bond acceptors (Lipinski definition) is 4. The van der Waals surface area contributed by atoms with Crippen molar-refractivity contribution in [2.45, 2.75) is 50.7 Å². The summed E-state index contributed by atoms with van der Waals surface area (Å²) in [5, 5.41) is 23.0. The van der Waals surface area contributed by atoms with Crippen LogP contribution in [-0.2, 0) is 12.8 Å².